The minimum Gasteiger partial charge on any atom is -0.490 e. The van der Waals surface area contributed by atoms with E-state index in [-0.39, 0.29) is 28.9 Å². The van der Waals surface area contributed by atoms with Gasteiger partial charge in [-0.15, -0.1) is 0 Å². The number of furan rings is 1. The van der Waals surface area contributed by atoms with E-state index in [4.69, 9.17) is 25.5 Å². The van der Waals surface area contributed by atoms with Gasteiger partial charge < -0.3 is 13.9 Å². The van der Waals surface area contributed by atoms with E-state index in [9.17, 15) is 19.3 Å². The minimum absolute atomic E-state index is 0.0585. The van der Waals surface area contributed by atoms with Gasteiger partial charge in [0.2, 0.25) is 0 Å². The molecule has 0 aliphatic carbocycles. The van der Waals surface area contributed by atoms with Gasteiger partial charge in [-0.3, -0.25) is 14.9 Å². The van der Waals surface area contributed by atoms with Gasteiger partial charge in [0.25, 0.3) is 5.69 Å². The highest BCUT2D eigenvalue weighted by atomic mass is 35.5. The summed E-state index contributed by atoms with van der Waals surface area (Å²) in [6.07, 6.45) is 1.36. The minimum atomic E-state index is -0.642. The number of fused-ring (bicyclic) bond motifs is 1. The summed E-state index contributed by atoms with van der Waals surface area (Å²) in [7, 11) is 0. The number of nitrogens with one attached hydrogen (secondary N) is 1. The molecule has 0 unspecified atom stereocenters. The lowest BCUT2D eigenvalue weighted by Gasteiger charge is -2.14. The Hall–Kier alpha value is -4.44. The van der Waals surface area contributed by atoms with Gasteiger partial charge >= 0.3 is 5.91 Å². The number of carbonyl (C=O) groups excluding carboxylic acids is 1. The van der Waals surface area contributed by atoms with Crippen LogP contribution in [0.2, 0.25) is 5.02 Å². The Morgan fingerprint density at radius 1 is 1.19 bits per heavy atom. The van der Waals surface area contributed by atoms with Crippen LogP contribution in [0.5, 0.6) is 11.5 Å². The van der Waals surface area contributed by atoms with Crippen LogP contribution in [-0.4, -0.2) is 23.7 Å². The van der Waals surface area contributed by atoms with Crippen molar-refractivity contribution in [1.29, 1.82) is 0 Å². The van der Waals surface area contributed by atoms with Crippen LogP contribution in [0.15, 0.2) is 70.2 Å². The summed E-state index contributed by atoms with van der Waals surface area (Å²) in [6.45, 7) is 2.23. The number of halogens is 2. The summed E-state index contributed by atoms with van der Waals surface area (Å²) >= 11 is 6.39. The molecule has 0 atom stereocenters. The average Bonchev–Trinajstić information content (AvgIpc) is 3.27. The van der Waals surface area contributed by atoms with E-state index in [0.717, 1.165) is 0 Å². The quantitative estimate of drug-likeness (QED) is 0.170. The van der Waals surface area contributed by atoms with Crippen LogP contribution in [0.4, 0.5) is 10.1 Å². The highest BCUT2D eigenvalue weighted by Crippen LogP contribution is 2.37. The predicted octanol–water partition coefficient (Wildman–Crippen LogP) is 5.88. The van der Waals surface area contributed by atoms with Crippen molar-refractivity contribution < 1.29 is 28.0 Å². The van der Waals surface area contributed by atoms with Crippen LogP contribution in [0.25, 0.3) is 11.0 Å². The Morgan fingerprint density at radius 3 is 2.78 bits per heavy atom. The molecule has 4 aromatic rings. The van der Waals surface area contributed by atoms with Crippen LogP contribution in [-0.2, 0) is 6.61 Å². The molecule has 9 nitrogen and oxygen atoms in total. The molecular formula is C25H19ClFN3O6. The topological polar surface area (TPSA) is 116 Å². The number of hydrogen-bond donors (Lipinski definition) is 1. The molecule has 0 radical (unpaired) electrons. The lowest BCUT2D eigenvalue weighted by Crippen LogP contribution is -2.16. The van der Waals surface area contributed by atoms with Gasteiger partial charge in [0, 0.05) is 17.5 Å². The number of amides is 1. The monoisotopic (exact) mass is 511 g/mol. The first-order valence-electron chi connectivity index (χ1n) is 10.7. The van der Waals surface area contributed by atoms with E-state index in [1.165, 1.54) is 42.6 Å². The van der Waals surface area contributed by atoms with Crippen molar-refractivity contribution in [2.24, 2.45) is 5.10 Å². The Bertz CT molecular complexity index is 1470. The van der Waals surface area contributed by atoms with E-state index in [1.54, 1.807) is 31.2 Å². The number of rotatable bonds is 9. The zero-order valence-corrected chi connectivity index (χ0v) is 19.6. The number of nitro benzene ring substituents is 1. The molecule has 36 heavy (non-hydrogen) atoms. The number of ether oxygens (including phenoxy) is 2. The fourth-order valence-electron chi connectivity index (χ4n) is 3.32. The summed E-state index contributed by atoms with van der Waals surface area (Å²) in [6, 6.07) is 14.6. The van der Waals surface area contributed by atoms with Crippen LogP contribution in [0.1, 0.15) is 28.6 Å². The van der Waals surface area contributed by atoms with Gasteiger partial charge in [-0.25, -0.2) is 9.82 Å². The van der Waals surface area contributed by atoms with Crippen molar-refractivity contribution in [3.8, 4) is 11.5 Å². The standard InChI is InChI=1S/C25H19ClFN3O6/c1-2-34-22-10-16(9-20(26)24(22)35-14-15-4-3-5-18(27)8-15)13-28-29-25(31)23-12-17-11-19(30(32)33)6-7-21(17)36-23/h3-13H,2,14H2,1H3,(H,29,31)/b28-13+. The highest BCUT2D eigenvalue weighted by Gasteiger charge is 2.15. The molecule has 1 heterocycles. The molecule has 1 amide bonds. The largest absolute Gasteiger partial charge is 0.490 e. The number of nitro groups is 1. The zero-order chi connectivity index (χ0) is 25.7. The number of hydrazone groups is 1. The number of non-ortho nitro benzene ring substituents is 1. The third-order valence-corrected chi connectivity index (χ3v) is 5.20. The zero-order valence-electron chi connectivity index (χ0n) is 18.9. The first-order valence-corrected chi connectivity index (χ1v) is 11.1. The Kier molecular flexibility index (Phi) is 7.45. The number of nitrogens with zero attached hydrogens (tertiary/aromatic N) is 2. The fraction of sp³-hybridized carbons (Fsp3) is 0.120. The molecule has 1 aromatic heterocycles. The van der Waals surface area contributed by atoms with Gasteiger partial charge in [0.05, 0.1) is 22.8 Å². The molecule has 0 saturated carbocycles. The predicted molar refractivity (Wildman–Crippen MR) is 131 cm³/mol. The fourth-order valence-corrected chi connectivity index (χ4v) is 3.60. The Balaban J connectivity index is 1.46. The summed E-state index contributed by atoms with van der Waals surface area (Å²) in [5, 5.41) is 15.5. The molecule has 4 rings (SSSR count). The van der Waals surface area contributed by atoms with E-state index in [2.05, 4.69) is 10.5 Å². The van der Waals surface area contributed by atoms with Crippen molar-refractivity contribution in [3.05, 3.63) is 98.5 Å². The summed E-state index contributed by atoms with van der Waals surface area (Å²) in [5.41, 5.74) is 3.70. The molecule has 0 saturated heterocycles. The van der Waals surface area contributed by atoms with E-state index in [0.29, 0.717) is 40.2 Å². The second-order valence-electron chi connectivity index (χ2n) is 7.47. The van der Waals surface area contributed by atoms with E-state index < -0.39 is 10.8 Å². The second kappa shape index (κ2) is 10.9. The molecule has 11 heteroatoms. The van der Waals surface area contributed by atoms with Gasteiger partial charge in [-0.1, -0.05) is 23.7 Å². The highest BCUT2D eigenvalue weighted by molar-refractivity contribution is 6.32. The molecule has 0 aliphatic rings. The third kappa shape index (κ3) is 5.78. The lowest BCUT2D eigenvalue weighted by molar-refractivity contribution is -0.384. The van der Waals surface area contributed by atoms with Crippen LogP contribution in [0.3, 0.4) is 0 Å². The third-order valence-electron chi connectivity index (χ3n) is 4.92. The average molecular weight is 512 g/mol. The van der Waals surface area contributed by atoms with Crippen molar-refractivity contribution in [2.75, 3.05) is 6.61 Å². The normalized spacial score (nSPS) is 11.1. The summed E-state index contributed by atoms with van der Waals surface area (Å²) in [5.74, 6) is -0.425. The molecule has 0 bridgehead atoms. The van der Waals surface area contributed by atoms with Crippen LogP contribution < -0.4 is 14.9 Å². The van der Waals surface area contributed by atoms with Crippen molar-refractivity contribution in [3.63, 3.8) is 0 Å². The maximum absolute atomic E-state index is 13.4. The Labute approximate surface area is 209 Å². The molecule has 0 fully saturated rings. The second-order valence-corrected chi connectivity index (χ2v) is 7.88. The van der Waals surface area contributed by atoms with E-state index >= 15 is 0 Å². The summed E-state index contributed by atoms with van der Waals surface area (Å²) in [4.78, 5) is 22.8. The molecule has 184 valence electrons. The number of benzene rings is 3. The van der Waals surface area contributed by atoms with Crippen LogP contribution in [0, 0.1) is 15.9 Å². The molecule has 0 aliphatic heterocycles. The van der Waals surface area contributed by atoms with Gasteiger partial charge in [0.15, 0.2) is 17.3 Å². The molecule has 3 aromatic carbocycles. The maximum Gasteiger partial charge on any atom is 0.307 e. The first-order chi connectivity index (χ1) is 17.3. The molecular weight excluding hydrogens is 493 g/mol. The molecule has 1 N–H and O–H groups in total. The van der Waals surface area contributed by atoms with Crippen molar-refractivity contribution in [2.45, 2.75) is 13.5 Å². The molecule has 0 spiro atoms. The lowest BCUT2D eigenvalue weighted by atomic mass is 10.2. The SMILES string of the molecule is CCOc1cc(/C=N/NC(=O)c2cc3cc([N+](=O)[O-])ccc3o2)cc(Cl)c1OCc1cccc(F)c1. The van der Waals surface area contributed by atoms with Gasteiger partial charge in [-0.05, 0) is 54.4 Å². The van der Waals surface area contributed by atoms with Gasteiger partial charge in [0.1, 0.15) is 18.0 Å². The van der Waals surface area contributed by atoms with Crippen LogP contribution >= 0.6 is 11.6 Å². The van der Waals surface area contributed by atoms with Crippen molar-refractivity contribution in [1.82, 2.24) is 5.43 Å². The first kappa shape index (κ1) is 24.7. The number of hydrogen-bond acceptors (Lipinski definition) is 7. The maximum atomic E-state index is 13.4. The summed E-state index contributed by atoms with van der Waals surface area (Å²) < 4.78 is 30.3. The van der Waals surface area contributed by atoms with Crippen molar-refractivity contribution >= 4 is 40.4 Å². The van der Waals surface area contributed by atoms with E-state index in [1.807, 2.05) is 0 Å². The smallest absolute Gasteiger partial charge is 0.307 e. The Morgan fingerprint density at radius 2 is 2.03 bits per heavy atom. The number of carbonyl (C=O) groups is 1. The van der Waals surface area contributed by atoms with Gasteiger partial charge in [-0.2, -0.15) is 5.10 Å².